The van der Waals surface area contributed by atoms with Gasteiger partial charge in [-0.15, -0.1) is 11.8 Å². The van der Waals surface area contributed by atoms with Crippen molar-refractivity contribution >= 4 is 45.6 Å². The molecule has 0 saturated heterocycles. The van der Waals surface area contributed by atoms with E-state index in [-0.39, 0.29) is 17.4 Å². The first-order valence-electron chi connectivity index (χ1n) is 8.96. The molecular formula is C23H18BrNO4S. The molecule has 0 saturated carbocycles. The Morgan fingerprint density at radius 1 is 0.967 bits per heavy atom. The van der Waals surface area contributed by atoms with Crippen molar-refractivity contribution in [3.63, 3.8) is 0 Å². The normalized spacial score (nSPS) is 11.0. The van der Waals surface area contributed by atoms with E-state index in [4.69, 9.17) is 4.74 Å². The van der Waals surface area contributed by atoms with Gasteiger partial charge in [-0.1, -0.05) is 42.5 Å². The van der Waals surface area contributed by atoms with Crippen LogP contribution in [0.2, 0.25) is 0 Å². The van der Waals surface area contributed by atoms with Crippen LogP contribution in [0.25, 0.3) is 6.08 Å². The first kappa shape index (κ1) is 21.7. The predicted octanol–water partition coefficient (Wildman–Crippen LogP) is 5.58. The molecule has 3 aromatic rings. The summed E-state index contributed by atoms with van der Waals surface area (Å²) in [7, 11) is 0. The monoisotopic (exact) mass is 483 g/mol. The van der Waals surface area contributed by atoms with Gasteiger partial charge in [0.15, 0.2) is 0 Å². The number of carboxylic acids is 1. The van der Waals surface area contributed by atoms with Crippen molar-refractivity contribution in [3.8, 4) is 11.5 Å². The zero-order chi connectivity index (χ0) is 21.3. The highest BCUT2D eigenvalue weighted by molar-refractivity contribution is 9.10. The molecule has 0 aliphatic heterocycles. The van der Waals surface area contributed by atoms with Crippen LogP contribution in [-0.2, 0) is 9.59 Å². The molecule has 0 atom stereocenters. The Kier molecular flexibility index (Phi) is 7.70. The van der Waals surface area contributed by atoms with Crippen LogP contribution in [0.15, 0.2) is 93.9 Å². The fraction of sp³-hybridized carbons (Fsp3) is 0.0435. The number of thioether (sulfide) groups is 1. The van der Waals surface area contributed by atoms with E-state index in [2.05, 4.69) is 21.2 Å². The Morgan fingerprint density at radius 2 is 1.63 bits per heavy atom. The second-order valence-corrected chi connectivity index (χ2v) is 8.02. The first-order valence-corrected chi connectivity index (χ1v) is 10.7. The lowest BCUT2D eigenvalue weighted by Crippen LogP contribution is -2.28. The number of rotatable bonds is 8. The molecule has 7 heteroatoms. The van der Waals surface area contributed by atoms with Gasteiger partial charge in [0.05, 0.1) is 10.2 Å². The molecule has 0 spiro atoms. The lowest BCUT2D eigenvalue weighted by molar-refractivity contribution is -0.134. The second-order valence-electron chi connectivity index (χ2n) is 6.11. The summed E-state index contributed by atoms with van der Waals surface area (Å²) < 4.78 is 6.63. The summed E-state index contributed by atoms with van der Waals surface area (Å²) in [5.74, 6) is -0.185. The quantitative estimate of drug-likeness (QED) is 0.323. The van der Waals surface area contributed by atoms with Crippen molar-refractivity contribution in [2.24, 2.45) is 0 Å². The number of carbonyl (C=O) groups is 2. The molecule has 0 fully saturated rings. The highest BCUT2D eigenvalue weighted by Crippen LogP contribution is 2.29. The molecule has 0 aromatic heterocycles. The molecule has 1 amide bonds. The number of carboxylic acid groups (broad SMARTS) is 1. The SMILES string of the molecule is O=C(CSc1ccccc1)N/C(=C\c1ccc(Oc2ccccc2Br)cc1)C(=O)O. The number of hydrogen-bond acceptors (Lipinski definition) is 4. The number of halogens is 1. The number of benzene rings is 3. The van der Waals surface area contributed by atoms with Crippen LogP contribution >= 0.6 is 27.7 Å². The highest BCUT2D eigenvalue weighted by Gasteiger charge is 2.12. The maximum atomic E-state index is 12.2. The fourth-order valence-corrected chi connectivity index (χ4v) is 3.54. The Morgan fingerprint density at radius 3 is 2.30 bits per heavy atom. The van der Waals surface area contributed by atoms with Gasteiger partial charge in [0.2, 0.25) is 5.91 Å². The third kappa shape index (κ3) is 6.50. The average molecular weight is 484 g/mol. The van der Waals surface area contributed by atoms with Crippen molar-refractivity contribution in [1.29, 1.82) is 0 Å². The van der Waals surface area contributed by atoms with E-state index in [0.29, 0.717) is 17.1 Å². The van der Waals surface area contributed by atoms with E-state index in [1.165, 1.54) is 17.8 Å². The van der Waals surface area contributed by atoms with Gasteiger partial charge >= 0.3 is 5.97 Å². The maximum absolute atomic E-state index is 12.2. The van der Waals surface area contributed by atoms with E-state index in [1.54, 1.807) is 24.3 Å². The molecule has 0 aliphatic rings. The molecule has 0 unspecified atom stereocenters. The van der Waals surface area contributed by atoms with Gasteiger partial charge in [0.25, 0.3) is 0 Å². The topological polar surface area (TPSA) is 75.6 Å². The smallest absolute Gasteiger partial charge is 0.352 e. The molecular weight excluding hydrogens is 466 g/mol. The van der Waals surface area contributed by atoms with E-state index in [9.17, 15) is 14.7 Å². The summed E-state index contributed by atoms with van der Waals surface area (Å²) in [5.41, 5.74) is 0.441. The molecule has 0 heterocycles. The zero-order valence-electron chi connectivity index (χ0n) is 15.7. The number of amides is 1. The summed E-state index contributed by atoms with van der Waals surface area (Å²) in [6, 6.07) is 23.8. The molecule has 0 aliphatic carbocycles. The van der Waals surface area contributed by atoms with Gasteiger partial charge < -0.3 is 15.2 Å². The van der Waals surface area contributed by atoms with Crippen molar-refractivity contribution < 1.29 is 19.4 Å². The molecule has 0 bridgehead atoms. The fourth-order valence-electron chi connectivity index (χ4n) is 2.46. The van der Waals surface area contributed by atoms with E-state index < -0.39 is 5.97 Å². The third-order valence-corrected chi connectivity index (χ3v) is 5.54. The molecule has 0 radical (unpaired) electrons. The number of nitrogens with one attached hydrogen (secondary N) is 1. The number of carbonyl (C=O) groups excluding carboxylic acids is 1. The number of aliphatic carboxylic acids is 1. The number of hydrogen-bond donors (Lipinski definition) is 2. The van der Waals surface area contributed by atoms with Gasteiger partial charge in [-0.25, -0.2) is 4.79 Å². The molecule has 30 heavy (non-hydrogen) atoms. The van der Waals surface area contributed by atoms with E-state index >= 15 is 0 Å². The standard InChI is InChI=1S/C23H18BrNO4S/c24-19-8-4-5-9-21(19)29-17-12-10-16(11-13-17)14-20(23(27)28)25-22(26)15-30-18-6-2-1-3-7-18/h1-14H,15H2,(H,25,26)(H,27,28)/b20-14-. The largest absolute Gasteiger partial charge is 0.477 e. The van der Waals surface area contributed by atoms with Crippen LogP contribution < -0.4 is 10.1 Å². The second kappa shape index (κ2) is 10.7. The predicted molar refractivity (Wildman–Crippen MR) is 122 cm³/mol. The van der Waals surface area contributed by atoms with Crippen molar-refractivity contribution in [2.75, 3.05) is 5.75 Å². The zero-order valence-corrected chi connectivity index (χ0v) is 18.2. The van der Waals surface area contributed by atoms with Gasteiger partial charge in [-0.05, 0) is 64.0 Å². The minimum atomic E-state index is -1.21. The van der Waals surface area contributed by atoms with Crippen molar-refractivity contribution in [1.82, 2.24) is 5.32 Å². The Hall–Kier alpha value is -3.03. The minimum Gasteiger partial charge on any atom is -0.477 e. The summed E-state index contributed by atoms with van der Waals surface area (Å²) in [6.07, 6.45) is 1.41. The van der Waals surface area contributed by atoms with Gasteiger partial charge in [-0.2, -0.15) is 0 Å². The molecule has 5 nitrogen and oxygen atoms in total. The summed E-state index contributed by atoms with van der Waals surface area (Å²) >= 11 is 4.77. The molecule has 3 rings (SSSR count). The summed E-state index contributed by atoms with van der Waals surface area (Å²) in [5, 5.41) is 11.9. The first-order chi connectivity index (χ1) is 14.5. The minimum absolute atomic E-state index is 0.118. The van der Waals surface area contributed by atoms with Crippen LogP contribution in [0.4, 0.5) is 0 Å². The van der Waals surface area contributed by atoms with E-state index in [1.807, 2.05) is 54.6 Å². The lowest BCUT2D eigenvalue weighted by Gasteiger charge is -2.08. The van der Waals surface area contributed by atoms with Gasteiger partial charge in [0, 0.05) is 4.90 Å². The maximum Gasteiger partial charge on any atom is 0.352 e. The average Bonchev–Trinajstić information content (AvgIpc) is 2.75. The van der Waals surface area contributed by atoms with Gasteiger partial charge in [-0.3, -0.25) is 4.79 Å². The van der Waals surface area contributed by atoms with Crippen LogP contribution in [0, 0.1) is 0 Å². The van der Waals surface area contributed by atoms with Crippen LogP contribution in [0.1, 0.15) is 5.56 Å². The van der Waals surface area contributed by atoms with Gasteiger partial charge in [0.1, 0.15) is 17.2 Å². The molecule has 152 valence electrons. The lowest BCUT2D eigenvalue weighted by atomic mass is 10.2. The van der Waals surface area contributed by atoms with Crippen molar-refractivity contribution in [2.45, 2.75) is 4.90 Å². The van der Waals surface area contributed by atoms with Crippen LogP contribution in [0.5, 0.6) is 11.5 Å². The summed E-state index contributed by atoms with van der Waals surface area (Å²) in [4.78, 5) is 24.6. The van der Waals surface area contributed by atoms with Crippen LogP contribution in [-0.4, -0.2) is 22.7 Å². The van der Waals surface area contributed by atoms with Crippen LogP contribution in [0.3, 0.4) is 0 Å². The Balaban J connectivity index is 1.63. The van der Waals surface area contributed by atoms with E-state index in [0.717, 1.165) is 9.37 Å². The summed E-state index contributed by atoms with van der Waals surface area (Å²) in [6.45, 7) is 0. The Bertz CT molecular complexity index is 1050. The highest BCUT2D eigenvalue weighted by atomic mass is 79.9. The number of ether oxygens (including phenoxy) is 1. The molecule has 2 N–H and O–H groups in total. The van der Waals surface area contributed by atoms with Crippen molar-refractivity contribution in [3.05, 3.63) is 94.6 Å². The molecule has 3 aromatic carbocycles. The Labute approximate surface area is 186 Å². The third-order valence-electron chi connectivity index (χ3n) is 3.87. The number of para-hydroxylation sites is 1.